The van der Waals surface area contributed by atoms with Crippen molar-refractivity contribution in [2.24, 2.45) is 0 Å². The maximum Gasteiger partial charge on any atom is 0.308 e. The fourth-order valence-electron chi connectivity index (χ4n) is 1.33. The first-order valence-corrected chi connectivity index (χ1v) is 4.99. The third kappa shape index (κ3) is 3.10. The van der Waals surface area contributed by atoms with Crippen LogP contribution in [0.2, 0.25) is 0 Å². The molecule has 0 saturated carbocycles. The standard InChI is InChI=1S/C13H10N2O3/c1-9(16)18-12-5-3-10(4-6-12)13(17-2)11(7-14)8-15/h3-6H,1-2H3. The molecule has 5 heteroatoms. The van der Waals surface area contributed by atoms with Gasteiger partial charge in [-0.3, -0.25) is 4.79 Å². The summed E-state index contributed by atoms with van der Waals surface area (Å²) in [7, 11) is 1.38. The second-order valence-corrected chi connectivity index (χ2v) is 3.25. The molecule has 1 rings (SSSR count). The van der Waals surface area contributed by atoms with Gasteiger partial charge in [0.2, 0.25) is 0 Å². The third-order valence-electron chi connectivity index (χ3n) is 2.03. The maximum absolute atomic E-state index is 10.7. The van der Waals surface area contributed by atoms with Gasteiger partial charge in [-0.15, -0.1) is 0 Å². The lowest BCUT2D eigenvalue weighted by Gasteiger charge is -2.07. The first-order valence-electron chi connectivity index (χ1n) is 4.99. The number of carbonyl (C=O) groups excluding carboxylic acids is 1. The molecule has 18 heavy (non-hydrogen) atoms. The van der Waals surface area contributed by atoms with E-state index in [9.17, 15) is 4.79 Å². The Morgan fingerprint density at radius 2 is 1.72 bits per heavy atom. The third-order valence-corrected chi connectivity index (χ3v) is 2.03. The van der Waals surface area contributed by atoms with Crippen LogP contribution < -0.4 is 4.74 Å². The number of methoxy groups -OCH3 is 1. The van der Waals surface area contributed by atoms with Crippen LogP contribution >= 0.6 is 0 Å². The van der Waals surface area contributed by atoms with Crippen molar-refractivity contribution in [3.8, 4) is 17.9 Å². The topological polar surface area (TPSA) is 83.1 Å². The van der Waals surface area contributed by atoms with Crippen LogP contribution in [0, 0.1) is 22.7 Å². The molecule has 0 heterocycles. The molecule has 5 nitrogen and oxygen atoms in total. The van der Waals surface area contributed by atoms with E-state index in [0.717, 1.165) is 0 Å². The van der Waals surface area contributed by atoms with Crippen molar-refractivity contribution in [2.75, 3.05) is 7.11 Å². The highest BCUT2D eigenvalue weighted by molar-refractivity contribution is 5.72. The molecule has 0 atom stereocenters. The minimum absolute atomic E-state index is 0.113. The highest BCUT2D eigenvalue weighted by atomic mass is 16.5. The minimum atomic E-state index is -0.417. The van der Waals surface area contributed by atoms with Gasteiger partial charge in [-0.05, 0) is 24.3 Å². The molecule has 0 bridgehead atoms. The molecule has 0 aliphatic heterocycles. The quantitative estimate of drug-likeness (QED) is 0.350. The number of rotatable bonds is 3. The van der Waals surface area contributed by atoms with Crippen molar-refractivity contribution in [1.29, 1.82) is 10.5 Å². The number of ether oxygens (including phenoxy) is 2. The Kier molecular flexibility index (Phi) is 4.48. The summed E-state index contributed by atoms with van der Waals surface area (Å²) < 4.78 is 9.90. The zero-order chi connectivity index (χ0) is 13.5. The van der Waals surface area contributed by atoms with Gasteiger partial charge in [-0.25, -0.2) is 0 Å². The number of benzene rings is 1. The molecule has 0 spiro atoms. The first-order chi connectivity index (χ1) is 8.62. The molecule has 0 unspecified atom stereocenters. The van der Waals surface area contributed by atoms with E-state index in [1.807, 2.05) is 0 Å². The zero-order valence-corrected chi connectivity index (χ0v) is 9.93. The smallest absolute Gasteiger partial charge is 0.308 e. The Morgan fingerprint density at radius 1 is 1.17 bits per heavy atom. The number of carbonyl (C=O) groups is 1. The molecule has 1 aromatic carbocycles. The molecule has 0 aromatic heterocycles. The second kappa shape index (κ2) is 6.07. The highest BCUT2D eigenvalue weighted by Crippen LogP contribution is 2.22. The monoisotopic (exact) mass is 242 g/mol. The van der Waals surface area contributed by atoms with E-state index in [1.165, 1.54) is 14.0 Å². The van der Waals surface area contributed by atoms with Gasteiger partial charge in [-0.1, -0.05) is 0 Å². The second-order valence-electron chi connectivity index (χ2n) is 3.25. The number of hydrogen-bond donors (Lipinski definition) is 0. The van der Waals surface area contributed by atoms with Crippen molar-refractivity contribution < 1.29 is 14.3 Å². The van der Waals surface area contributed by atoms with Crippen molar-refractivity contribution in [3.63, 3.8) is 0 Å². The van der Waals surface area contributed by atoms with Crippen LogP contribution in [0.1, 0.15) is 12.5 Å². The molecule has 0 saturated heterocycles. The highest BCUT2D eigenvalue weighted by Gasteiger charge is 2.09. The average molecular weight is 242 g/mol. The van der Waals surface area contributed by atoms with Gasteiger partial charge in [0.15, 0.2) is 11.3 Å². The van der Waals surface area contributed by atoms with Crippen LogP contribution in [0.4, 0.5) is 0 Å². The van der Waals surface area contributed by atoms with Gasteiger partial charge in [0.25, 0.3) is 0 Å². The predicted molar refractivity (Wildman–Crippen MR) is 62.9 cm³/mol. The summed E-state index contributed by atoms with van der Waals surface area (Å²) in [5, 5.41) is 17.6. The van der Waals surface area contributed by atoms with E-state index in [4.69, 9.17) is 20.0 Å². The number of esters is 1. The van der Waals surface area contributed by atoms with Crippen molar-refractivity contribution in [2.45, 2.75) is 6.92 Å². The summed E-state index contributed by atoms with van der Waals surface area (Å²) in [5.74, 6) is 0.159. The molecule has 90 valence electrons. The van der Waals surface area contributed by atoms with Gasteiger partial charge < -0.3 is 9.47 Å². The summed E-state index contributed by atoms with van der Waals surface area (Å²) in [6, 6.07) is 9.83. The molecule has 1 aromatic rings. The van der Waals surface area contributed by atoms with Crippen LogP contribution in [-0.4, -0.2) is 13.1 Å². The molecular weight excluding hydrogens is 232 g/mol. The van der Waals surface area contributed by atoms with E-state index >= 15 is 0 Å². The van der Waals surface area contributed by atoms with E-state index < -0.39 is 5.97 Å². The van der Waals surface area contributed by atoms with Gasteiger partial charge in [0, 0.05) is 12.5 Å². The molecule has 0 N–H and O–H groups in total. The fourth-order valence-corrected chi connectivity index (χ4v) is 1.33. The molecule has 0 radical (unpaired) electrons. The maximum atomic E-state index is 10.7. The summed E-state index contributed by atoms with van der Waals surface area (Å²) in [6.45, 7) is 1.30. The fraction of sp³-hybridized carbons (Fsp3) is 0.154. The van der Waals surface area contributed by atoms with E-state index in [1.54, 1.807) is 36.4 Å². The lowest BCUT2D eigenvalue weighted by molar-refractivity contribution is -0.131. The number of allylic oxidation sites excluding steroid dienone is 1. The summed E-state index contributed by atoms with van der Waals surface area (Å²) >= 11 is 0. The van der Waals surface area contributed by atoms with Crippen molar-refractivity contribution >= 4 is 11.7 Å². The predicted octanol–water partition coefficient (Wildman–Crippen LogP) is 2.02. The van der Waals surface area contributed by atoms with Gasteiger partial charge >= 0.3 is 5.97 Å². The van der Waals surface area contributed by atoms with Gasteiger partial charge in [0.05, 0.1) is 7.11 Å². The Bertz CT molecular complexity index is 543. The Balaban J connectivity index is 3.12. The van der Waals surface area contributed by atoms with E-state index in [-0.39, 0.29) is 11.3 Å². The van der Waals surface area contributed by atoms with E-state index in [0.29, 0.717) is 11.3 Å². The minimum Gasteiger partial charge on any atom is -0.494 e. The first kappa shape index (κ1) is 13.3. The molecule has 0 aliphatic rings. The van der Waals surface area contributed by atoms with Crippen LogP contribution in [0.25, 0.3) is 5.76 Å². The van der Waals surface area contributed by atoms with Gasteiger partial charge in [-0.2, -0.15) is 10.5 Å². The Morgan fingerprint density at radius 3 is 2.11 bits per heavy atom. The van der Waals surface area contributed by atoms with Crippen molar-refractivity contribution in [1.82, 2.24) is 0 Å². The van der Waals surface area contributed by atoms with E-state index in [2.05, 4.69) is 0 Å². The molecule has 0 aliphatic carbocycles. The lowest BCUT2D eigenvalue weighted by atomic mass is 10.1. The summed E-state index contributed by atoms with van der Waals surface area (Å²) in [5.41, 5.74) is 0.448. The Hall–Kier alpha value is -2.79. The Labute approximate surface area is 104 Å². The van der Waals surface area contributed by atoms with Crippen LogP contribution in [0.15, 0.2) is 29.8 Å². The molecule has 0 fully saturated rings. The van der Waals surface area contributed by atoms with Crippen LogP contribution in [0.3, 0.4) is 0 Å². The van der Waals surface area contributed by atoms with Crippen molar-refractivity contribution in [3.05, 3.63) is 35.4 Å². The normalized spacial score (nSPS) is 8.67. The average Bonchev–Trinajstić information content (AvgIpc) is 2.36. The molecule has 0 amide bonds. The number of nitrogens with zero attached hydrogens (tertiary/aromatic N) is 2. The lowest BCUT2D eigenvalue weighted by Crippen LogP contribution is -2.01. The zero-order valence-electron chi connectivity index (χ0n) is 9.93. The molecular formula is C13H10N2O3. The number of hydrogen-bond acceptors (Lipinski definition) is 5. The largest absolute Gasteiger partial charge is 0.494 e. The van der Waals surface area contributed by atoms with Crippen LogP contribution in [-0.2, 0) is 9.53 Å². The SMILES string of the molecule is COC(=C(C#N)C#N)c1ccc(OC(C)=O)cc1. The number of nitriles is 2. The van der Waals surface area contributed by atoms with Crippen LogP contribution in [0.5, 0.6) is 5.75 Å². The van der Waals surface area contributed by atoms with Gasteiger partial charge in [0.1, 0.15) is 17.9 Å². The summed E-state index contributed by atoms with van der Waals surface area (Å²) in [6.07, 6.45) is 0. The summed E-state index contributed by atoms with van der Waals surface area (Å²) in [4.78, 5) is 10.7.